The summed E-state index contributed by atoms with van der Waals surface area (Å²) in [5.41, 5.74) is 5.61. The van der Waals surface area contributed by atoms with Crippen molar-refractivity contribution in [1.29, 1.82) is 0 Å². The molecule has 1 aromatic heterocycles. The molecule has 1 fully saturated rings. The quantitative estimate of drug-likeness (QED) is 0.771. The molecule has 1 unspecified atom stereocenters. The number of rotatable bonds is 5. The fraction of sp³-hybridized carbons (Fsp3) is 0.500. The molecule has 0 radical (unpaired) electrons. The largest absolute Gasteiger partial charge is 0.388 e. The number of aromatic nitrogens is 1. The number of ether oxygens (including phenoxy) is 1. The van der Waals surface area contributed by atoms with Crippen molar-refractivity contribution in [3.8, 4) is 0 Å². The lowest BCUT2D eigenvalue weighted by atomic mass is 10.1. The van der Waals surface area contributed by atoms with Gasteiger partial charge in [-0.3, -0.25) is 4.98 Å². The summed E-state index contributed by atoms with van der Waals surface area (Å²) in [5.74, 6) is 0. The summed E-state index contributed by atoms with van der Waals surface area (Å²) in [6.45, 7) is 0.922. The summed E-state index contributed by atoms with van der Waals surface area (Å²) >= 11 is 4.83. The third-order valence-electron chi connectivity index (χ3n) is 3.07. The minimum Gasteiger partial charge on any atom is -0.388 e. The van der Waals surface area contributed by atoms with E-state index in [9.17, 15) is 8.42 Å². The second-order valence-corrected chi connectivity index (χ2v) is 6.73. The van der Waals surface area contributed by atoms with Gasteiger partial charge in [-0.1, -0.05) is 12.2 Å². The van der Waals surface area contributed by atoms with Crippen molar-refractivity contribution in [2.24, 2.45) is 5.73 Å². The van der Waals surface area contributed by atoms with Crippen molar-refractivity contribution in [1.82, 2.24) is 9.71 Å². The fourth-order valence-corrected chi connectivity index (χ4v) is 3.50. The van der Waals surface area contributed by atoms with E-state index in [0.29, 0.717) is 6.61 Å². The van der Waals surface area contributed by atoms with Crippen molar-refractivity contribution in [2.45, 2.75) is 30.3 Å². The van der Waals surface area contributed by atoms with Crippen molar-refractivity contribution >= 4 is 27.2 Å². The number of nitrogens with zero attached hydrogens (tertiary/aromatic N) is 1. The third-order valence-corrected chi connectivity index (χ3v) is 4.72. The van der Waals surface area contributed by atoms with Gasteiger partial charge in [0, 0.05) is 19.3 Å². The van der Waals surface area contributed by atoms with E-state index in [0.717, 1.165) is 19.3 Å². The molecule has 2 rings (SSSR count). The van der Waals surface area contributed by atoms with Gasteiger partial charge in [-0.25, -0.2) is 13.1 Å². The lowest BCUT2D eigenvalue weighted by Crippen LogP contribution is -2.36. The van der Waals surface area contributed by atoms with Gasteiger partial charge in [0.05, 0.1) is 6.10 Å². The van der Waals surface area contributed by atoms with Crippen molar-refractivity contribution in [2.75, 3.05) is 13.2 Å². The molecular formula is C12H17N3O3S2. The van der Waals surface area contributed by atoms with Gasteiger partial charge in [-0.15, -0.1) is 0 Å². The van der Waals surface area contributed by atoms with Crippen LogP contribution in [-0.4, -0.2) is 37.6 Å². The first kappa shape index (κ1) is 15.3. The summed E-state index contributed by atoms with van der Waals surface area (Å²) in [5, 5.41) is 0. The van der Waals surface area contributed by atoms with Crippen molar-refractivity contribution in [3.63, 3.8) is 0 Å². The number of pyridine rings is 1. The van der Waals surface area contributed by atoms with Gasteiger partial charge in [0.25, 0.3) is 0 Å². The minimum atomic E-state index is -3.70. The minimum absolute atomic E-state index is 0.00306. The summed E-state index contributed by atoms with van der Waals surface area (Å²) in [7, 11) is -3.70. The van der Waals surface area contributed by atoms with Crippen LogP contribution in [0.5, 0.6) is 0 Å². The Morgan fingerprint density at radius 2 is 2.35 bits per heavy atom. The van der Waals surface area contributed by atoms with Crippen LogP contribution in [0.25, 0.3) is 0 Å². The van der Waals surface area contributed by atoms with Gasteiger partial charge < -0.3 is 10.5 Å². The van der Waals surface area contributed by atoms with Gasteiger partial charge in [-0.05, 0) is 31.4 Å². The molecule has 0 aliphatic carbocycles. The molecule has 0 saturated carbocycles. The highest BCUT2D eigenvalue weighted by atomic mass is 32.2. The third kappa shape index (κ3) is 3.72. The van der Waals surface area contributed by atoms with Crippen molar-refractivity contribution in [3.05, 3.63) is 24.0 Å². The van der Waals surface area contributed by atoms with Crippen LogP contribution in [0, 0.1) is 0 Å². The number of sulfonamides is 1. The molecule has 0 spiro atoms. The number of thiocarbonyl (C=S) groups is 1. The summed E-state index contributed by atoms with van der Waals surface area (Å²) < 4.78 is 32.6. The number of nitrogens with one attached hydrogen (secondary N) is 1. The highest BCUT2D eigenvalue weighted by Crippen LogP contribution is 2.15. The van der Waals surface area contributed by atoms with Crippen LogP contribution in [0.1, 0.15) is 25.0 Å². The van der Waals surface area contributed by atoms with E-state index in [4.69, 9.17) is 22.7 Å². The van der Waals surface area contributed by atoms with E-state index in [1.165, 1.54) is 18.3 Å². The summed E-state index contributed by atoms with van der Waals surface area (Å²) in [6.07, 6.45) is 4.31. The normalized spacial score (nSPS) is 19.7. The maximum Gasteiger partial charge on any atom is 0.242 e. The van der Waals surface area contributed by atoms with Crippen LogP contribution >= 0.6 is 12.2 Å². The highest BCUT2D eigenvalue weighted by Gasteiger charge is 2.23. The van der Waals surface area contributed by atoms with Crippen molar-refractivity contribution < 1.29 is 13.2 Å². The van der Waals surface area contributed by atoms with E-state index in [-0.39, 0.29) is 28.2 Å². The SMILES string of the molecule is NC(=S)c1ncccc1S(=O)(=O)NCC1CCCCO1. The van der Waals surface area contributed by atoms with E-state index >= 15 is 0 Å². The van der Waals surface area contributed by atoms with Gasteiger partial charge in [0.1, 0.15) is 15.6 Å². The second-order valence-electron chi connectivity index (χ2n) is 4.55. The molecule has 1 atom stereocenters. The van der Waals surface area contributed by atoms with E-state index in [1.807, 2.05) is 0 Å². The predicted octanol–water partition coefficient (Wildman–Crippen LogP) is 0.563. The molecule has 1 aromatic rings. The molecule has 6 nitrogen and oxygen atoms in total. The Morgan fingerprint density at radius 1 is 1.55 bits per heavy atom. The van der Waals surface area contributed by atoms with E-state index < -0.39 is 10.0 Å². The standard InChI is InChI=1S/C12H17N3O3S2/c13-12(19)11-10(5-3-6-14-11)20(16,17)15-8-9-4-1-2-7-18-9/h3,5-6,9,15H,1-2,4,7-8H2,(H2,13,19). The zero-order chi connectivity index (χ0) is 14.6. The van der Waals surface area contributed by atoms with Gasteiger partial charge in [0.2, 0.25) is 10.0 Å². The summed E-state index contributed by atoms with van der Waals surface area (Å²) in [6, 6.07) is 2.97. The molecule has 8 heteroatoms. The molecule has 3 N–H and O–H groups in total. The number of hydrogen-bond acceptors (Lipinski definition) is 5. The van der Waals surface area contributed by atoms with Gasteiger partial charge in [0.15, 0.2) is 0 Å². The molecule has 0 bridgehead atoms. The molecule has 2 heterocycles. The van der Waals surface area contributed by atoms with E-state index in [2.05, 4.69) is 9.71 Å². The van der Waals surface area contributed by atoms with Crippen LogP contribution < -0.4 is 10.5 Å². The van der Waals surface area contributed by atoms with Gasteiger partial charge in [-0.2, -0.15) is 0 Å². The average molecular weight is 315 g/mol. The van der Waals surface area contributed by atoms with Crippen LogP contribution in [0.3, 0.4) is 0 Å². The molecule has 1 saturated heterocycles. The zero-order valence-corrected chi connectivity index (χ0v) is 12.5. The molecule has 0 amide bonds. The molecule has 1 aliphatic rings. The lowest BCUT2D eigenvalue weighted by Gasteiger charge is -2.22. The highest BCUT2D eigenvalue weighted by molar-refractivity contribution is 7.89. The average Bonchev–Trinajstić information content (AvgIpc) is 2.46. The van der Waals surface area contributed by atoms with Crippen LogP contribution in [-0.2, 0) is 14.8 Å². The molecular weight excluding hydrogens is 298 g/mol. The Balaban J connectivity index is 2.12. The Labute approximate surface area is 123 Å². The maximum atomic E-state index is 12.3. The number of nitrogens with two attached hydrogens (primary N) is 1. The Kier molecular flexibility index (Phi) is 5.03. The smallest absolute Gasteiger partial charge is 0.242 e. The molecule has 0 aromatic carbocycles. The Hall–Kier alpha value is -1.09. The van der Waals surface area contributed by atoms with Crippen LogP contribution in [0.4, 0.5) is 0 Å². The van der Waals surface area contributed by atoms with Crippen LogP contribution in [0.15, 0.2) is 23.2 Å². The molecule has 20 heavy (non-hydrogen) atoms. The summed E-state index contributed by atoms with van der Waals surface area (Å²) in [4.78, 5) is 3.88. The molecule has 1 aliphatic heterocycles. The first-order valence-corrected chi connectivity index (χ1v) is 8.26. The Bertz CT molecular complexity index is 583. The first-order chi connectivity index (χ1) is 9.50. The topological polar surface area (TPSA) is 94.3 Å². The zero-order valence-electron chi connectivity index (χ0n) is 10.9. The van der Waals surface area contributed by atoms with Crippen LogP contribution in [0.2, 0.25) is 0 Å². The Morgan fingerprint density at radius 3 is 3.00 bits per heavy atom. The second kappa shape index (κ2) is 6.57. The lowest BCUT2D eigenvalue weighted by molar-refractivity contribution is 0.0200. The van der Waals surface area contributed by atoms with Gasteiger partial charge >= 0.3 is 0 Å². The number of hydrogen-bond donors (Lipinski definition) is 2. The molecule has 110 valence electrons. The first-order valence-electron chi connectivity index (χ1n) is 6.37. The predicted molar refractivity (Wildman–Crippen MR) is 78.9 cm³/mol. The fourth-order valence-electron chi connectivity index (χ4n) is 2.04. The van der Waals surface area contributed by atoms with E-state index in [1.54, 1.807) is 0 Å². The maximum absolute atomic E-state index is 12.3. The monoisotopic (exact) mass is 315 g/mol.